The Kier molecular flexibility index (Phi) is 3.65. The van der Waals surface area contributed by atoms with Crippen molar-refractivity contribution in [3.8, 4) is 0 Å². The monoisotopic (exact) mass is 215 g/mol. The fraction of sp³-hybridized carbons (Fsp3) is 0.778. The molecule has 0 radical (unpaired) electrons. The van der Waals surface area contributed by atoms with E-state index in [2.05, 4.69) is 5.32 Å². The highest BCUT2D eigenvalue weighted by atomic mass is 16.5. The third-order valence-corrected chi connectivity index (χ3v) is 2.69. The molecule has 5 N–H and O–H groups in total. The minimum atomic E-state index is -0.697. The van der Waals surface area contributed by atoms with E-state index in [0.717, 1.165) is 0 Å². The lowest BCUT2D eigenvalue weighted by Gasteiger charge is -2.25. The summed E-state index contributed by atoms with van der Waals surface area (Å²) < 4.78 is 5.14. The van der Waals surface area contributed by atoms with Crippen molar-refractivity contribution in [2.24, 2.45) is 16.9 Å². The minimum Gasteiger partial charge on any atom is -0.379 e. The predicted octanol–water partition coefficient (Wildman–Crippen LogP) is -1.66. The molecule has 1 heterocycles. The average molecular weight is 215 g/mol. The zero-order valence-corrected chi connectivity index (χ0v) is 8.79. The Bertz CT molecular complexity index is 269. The topological polar surface area (TPSA) is 107 Å². The Morgan fingerprint density at radius 3 is 2.73 bits per heavy atom. The van der Waals surface area contributed by atoms with Crippen LogP contribution in [0.25, 0.3) is 0 Å². The standard InChI is InChI=1S/C9H17N3O3/c1-9(5-15-4-6(9)10)8(14)12-3-2-7(11)13/h6H,2-5,10H2,1H3,(H2,11,13)(H,12,14). The van der Waals surface area contributed by atoms with Crippen LogP contribution in [0.5, 0.6) is 0 Å². The molecule has 1 fully saturated rings. The summed E-state index contributed by atoms with van der Waals surface area (Å²) in [7, 11) is 0. The number of carbonyl (C=O) groups is 2. The molecule has 1 rings (SSSR count). The molecular weight excluding hydrogens is 198 g/mol. The third kappa shape index (κ3) is 2.66. The lowest BCUT2D eigenvalue weighted by Crippen LogP contribution is -2.50. The SMILES string of the molecule is CC1(C(=O)NCCC(N)=O)COCC1N. The van der Waals surface area contributed by atoms with Crippen molar-refractivity contribution in [1.82, 2.24) is 5.32 Å². The first-order chi connectivity index (χ1) is 6.97. The van der Waals surface area contributed by atoms with Crippen LogP contribution >= 0.6 is 0 Å². The zero-order chi connectivity index (χ0) is 11.5. The summed E-state index contributed by atoms with van der Waals surface area (Å²) in [5, 5.41) is 2.63. The highest BCUT2D eigenvalue weighted by molar-refractivity contribution is 5.84. The van der Waals surface area contributed by atoms with Gasteiger partial charge in [0, 0.05) is 19.0 Å². The number of ether oxygens (including phenoxy) is 1. The molecular formula is C9H17N3O3. The van der Waals surface area contributed by atoms with E-state index in [1.165, 1.54) is 0 Å². The van der Waals surface area contributed by atoms with E-state index in [-0.39, 0.29) is 24.9 Å². The average Bonchev–Trinajstić information content (AvgIpc) is 2.47. The van der Waals surface area contributed by atoms with Crippen molar-refractivity contribution in [2.75, 3.05) is 19.8 Å². The Balaban J connectivity index is 2.42. The van der Waals surface area contributed by atoms with Gasteiger partial charge in [0.15, 0.2) is 0 Å². The van der Waals surface area contributed by atoms with Crippen molar-refractivity contribution in [3.05, 3.63) is 0 Å². The van der Waals surface area contributed by atoms with Crippen LogP contribution in [0.4, 0.5) is 0 Å². The van der Waals surface area contributed by atoms with Crippen molar-refractivity contribution in [2.45, 2.75) is 19.4 Å². The molecule has 1 aliphatic rings. The Morgan fingerprint density at radius 1 is 1.60 bits per heavy atom. The molecule has 0 aromatic heterocycles. The van der Waals surface area contributed by atoms with Crippen LogP contribution in [0.2, 0.25) is 0 Å². The number of rotatable bonds is 4. The Labute approximate surface area is 88.3 Å². The Hall–Kier alpha value is -1.14. The van der Waals surface area contributed by atoms with E-state index in [4.69, 9.17) is 16.2 Å². The van der Waals surface area contributed by atoms with Crippen LogP contribution < -0.4 is 16.8 Å². The number of carbonyl (C=O) groups excluding carboxylic acids is 2. The molecule has 15 heavy (non-hydrogen) atoms. The van der Waals surface area contributed by atoms with Gasteiger partial charge in [-0.15, -0.1) is 0 Å². The van der Waals surface area contributed by atoms with Crippen LogP contribution in [0.1, 0.15) is 13.3 Å². The number of hydrogen-bond acceptors (Lipinski definition) is 4. The van der Waals surface area contributed by atoms with E-state index in [1.807, 2.05) is 0 Å². The van der Waals surface area contributed by atoms with Gasteiger partial charge in [0.2, 0.25) is 11.8 Å². The molecule has 0 aliphatic carbocycles. The Morgan fingerprint density at radius 2 is 2.27 bits per heavy atom. The molecule has 2 atom stereocenters. The van der Waals surface area contributed by atoms with Gasteiger partial charge in [-0.1, -0.05) is 0 Å². The number of nitrogens with one attached hydrogen (secondary N) is 1. The maximum Gasteiger partial charge on any atom is 0.229 e. The second kappa shape index (κ2) is 4.59. The van der Waals surface area contributed by atoms with E-state index in [9.17, 15) is 9.59 Å². The molecule has 0 spiro atoms. The van der Waals surface area contributed by atoms with Crippen molar-refractivity contribution >= 4 is 11.8 Å². The summed E-state index contributed by atoms with van der Waals surface area (Å²) in [6.45, 7) is 2.71. The number of amides is 2. The predicted molar refractivity (Wildman–Crippen MR) is 53.7 cm³/mol. The van der Waals surface area contributed by atoms with Gasteiger partial charge in [-0.2, -0.15) is 0 Å². The van der Waals surface area contributed by atoms with Crippen molar-refractivity contribution < 1.29 is 14.3 Å². The summed E-state index contributed by atoms with van der Waals surface area (Å²) in [6.07, 6.45) is 0.137. The molecule has 2 amide bonds. The second-order valence-electron chi connectivity index (χ2n) is 4.01. The van der Waals surface area contributed by atoms with E-state index in [1.54, 1.807) is 6.92 Å². The van der Waals surface area contributed by atoms with Crippen LogP contribution in [0, 0.1) is 5.41 Å². The highest BCUT2D eigenvalue weighted by Gasteiger charge is 2.44. The summed E-state index contributed by atoms with van der Waals surface area (Å²) in [6, 6.07) is -0.300. The van der Waals surface area contributed by atoms with E-state index >= 15 is 0 Å². The molecule has 1 aliphatic heterocycles. The van der Waals surface area contributed by atoms with Crippen LogP contribution in [0.3, 0.4) is 0 Å². The minimum absolute atomic E-state index is 0.137. The lowest BCUT2D eigenvalue weighted by molar-refractivity contribution is -0.130. The van der Waals surface area contributed by atoms with Crippen molar-refractivity contribution in [1.29, 1.82) is 0 Å². The van der Waals surface area contributed by atoms with Crippen LogP contribution in [0.15, 0.2) is 0 Å². The maximum absolute atomic E-state index is 11.7. The number of hydrogen-bond donors (Lipinski definition) is 3. The number of primary amides is 1. The third-order valence-electron chi connectivity index (χ3n) is 2.69. The van der Waals surface area contributed by atoms with Gasteiger partial charge in [-0.25, -0.2) is 0 Å². The van der Waals surface area contributed by atoms with E-state index < -0.39 is 11.3 Å². The molecule has 0 aromatic rings. The summed E-state index contributed by atoms with van der Waals surface area (Å²) in [4.78, 5) is 22.2. The van der Waals surface area contributed by atoms with Gasteiger partial charge in [0.05, 0.1) is 18.6 Å². The maximum atomic E-state index is 11.7. The fourth-order valence-electron chi connectivity index (χ4n) is 1.42. The second-order valence-corrected chi connectivity index (χ2v) is 4.01. The molecule has 6 heteroatoms. The van der Waals surface area contributed by atoms with Gasteiger partial charge < -0.3 is 21.5 Å². The van der Waals surface area contributed by atoms with Gasteiger partial charge in [-0.05, 0) is 6.92 Å². The lowest BCUT2D eigenvalue weighted by atomic mass is 9.85. The van der Waals surface area contributed by atoms with Gasteiger partial charge in [-0.3, -0.25) is 9.59 Å². The summed E-state index contributed by atoms with van der Waals surface area (Å²) in [5.74, 6) is -0.624. The zero-order valence-electron chi connectivity index (χ0n) is 8.79. The molecule has 0 aromatic carbocycles. The van der Waals surface area contributed by atoms with Crippen molar-refractivity contribution in [3.63, 3.8) is 0 Å². The first-order valence-corrected chi connectivity index (χ1v) is 4.87. The normalized spacial score (nSPS) is 30.1. The van der Waals surface area contributed by atoms with Crippen LogP contribution in [-0.4, -0.2) is 37.6 Å². The van der Waals surface area contributed by atoms with Crippen LogP contribution in [-0.2, 0) is 14.3 Å². The molecule has 6 nitrogen and oxygen atoms in total. The molecule has 0 saturated carbocycles. The van der Waals surface area contributed by atoms with E-state index in [0.29, 0.717) is 13.2 Å². The van der Waals surface area contributed by atoms with Gasteiger partial charge >= 0.3 is 0 Å². The number of nitrogens with two attached hydrogens (primary N) is 2. The summed E-state index contributed by atoms with van der Waals surface area (Å²) in [5.41, 5.74) is 10.0. The molecule has 1 saturated heterocycles. The largest absolute Gasteiger partial charge is 0.379 e. The first kappa shape index (κ1) is 11.9. The van der Waals surface area contributed by atoms with Gasteiger partial charge in [0.25, 0.3) is 0 Å². The van der Waals surface area contributed by atoms with Gasteiger partial charge in [0.1, 0.15) is 0 Å². The fourth-order valence-corrected chi connectivity index (χ4v) is 1.42. The molecule has 0 bridgehead atoms. The highest BCUT2D eigenvalue weighted by Crippen LogP contribution is 2.26. The molecule has 2 unspecified atom stereocenters. The quantitative estimate of drug-likeness (QED) is 0.521. The summed E-state index contributed by atoms with van der Waals surface area (Å²) >= 11 is 0. The molecule has 86 valence electrons. The smallest absolute Gasteiger partial charge is 0.229 e. The first-order valence-electron chi connectivity index (χ1n) is 4.87.